The van der Waals surface area contributed by atoms with Crippen molar-refractivity contribution in [2.45, 2.75) is 32.6 Å². The van der Waals surface area contributed by atoms with Gasteiger partial charge in [0, 0.05) is 24.7 Å². The van der Waals surface area contributed by atoms with Crippen molar-refractivity contribution < 1.29 is 17.9 Å². The topological polar surface area (TPSA) is 105 Å². The molecular weight excluding hydrogens is 414 g/mol. The van der Waals surface area contributed by atoms with Gasteiger partial charge < -0.3 is 15.5 Å². The highest BCUT2D eigenvalue weighted by Gasteiger charge is 2.29. The zero-order valence-electron chi connectivity index (χ0n) is 17.7. The summed E-state index contributed by atoms with van der Waals surface area (Å²) < 4.78 is 31.9. The van der Waals surface area contributed by atoms with Crippen molar-refractivity contribution in [1.29, 1.82) is 0 Å². The van der Waals surface area contributed by atoms with Crippen LogP contribution in [-0.2, 0) is 10.0 Å². The number of ether oxygens (including phenoxy) is 1. The molecule has 7 nitrogen and oxygen atoms in total. The summed E-state index contributed by atoms with van der Waals surface area (Å²) in [6.07, 6.45) is 3.35. The zero-order valence-corrected chi connectivity index (χ0v) is 18.5. The molecular formula is C23H27N3O4S. The lowest BCUT2D eigenvalue weighted by Gasteiger charge is -2.30. The van der Waals surface area contributed by atoms with E-state index in [2.05, 4.69) is 4.98 Å². The highest BCUT2D eigenvalue weighted by atomic mass is 32.2. The smallest absolute Gasteiger partial charge is 0.250 e. The Kier molecular flexibility index (Phi) is 5.77. The first-order chi connectivity index (χ1) is 14.8. The number of piperidine rings is 1. The number of fused-ring (bicyclic) bond motifs is 1. The van der Waals surface area contributed by atoms with Crippen LogP contribution in [0.25, 0.3) is 10.9 Å². The standard InChI is InChI=1S/C23H27N3O4S/c1-3-31(28,29)26-10-8-16(9-11-26)21-14-25-22-19(21)12-18(13-20(22)23(24)27)30-17-6-4-15(2)5-7-17/h4-7,12-14,16,25H,3,8-11H2,1-2H3,(H2,24,27). The summed E-state index contributed by atoms with van der Waals surface area (Å²) in [5, 5.41) is 0.884. The Labute approximate surface area is 182 Å². The number of hydrogen-bond acceptors (Lipinski definition) is 4. The number of nitrogens with two attached hydrogens (primary N) is 1. The third-order valence-corrected chi connectivity index (χ3v) is 7.85. The van der Waals surface area contributed by atoms with Crippen molar-refractivity contribution in [2.75, 3.05) is 18.8 Å². The van der Waals surface area contributed by atoms with Gasteiger partial charge in [-0.15, -0.1) is 0 Å². The summed E-state index contributed by atoms with van der Waals surface area (Å²) in [6, 6.07) is 11.3. The van der Waals surface area contributed by atoms with Crippen LogP contribution in [-0.4, -0.2) is 42.5 Å². The molecule has 0 bridgehead atoms. The lowest BCUT2D eigenvalue weighted by Crippen LogP contribution is -2.38. The van der Waals surface area contributed by atoms with Gasteiger partial charge in [0.15, 0.2) is 0 Å². The molecule has 0 aliphatic carbocycles. The number of sulfonamides is 1. The predicted molar refractivity (Wildman–Crippen MR) is 121 cm³/mol. The molecule has 1 saturated heterocycles. The molecule has 0 radical (unpaired) electrons. The van der Waals surface area contributed by atoms with Crippen molar-refractivity contribution in [3.05, 3.63) is 59.3 Å². The Morgan fingerprint density at radius 3 is 2.45 bits per heavy atom. The normalized spacial score (nSPS) is 15.9. The van der Waals surface area contributed by atoms with Gasteiger partial charge >= 0.3 is 0 Å². The fourth-order valence-corrected chi connectivity index (χ4v) is 5.32. The highest BCUT2D eigenvalue weighted by Crippen LogP contribution is 2.37. The number of rotatable bonds is 6. The van der Waals surface area contributed by atoms with Crippen molar-refractivity contribution >= 4 is 26.8 Å². The second-order valence-electron chi connectivity index (χ2n) is 7.99. The van der Waals surface area contributed by atoms with Gasteiger partial charge in [-0.2, -0.15) is 0 Å². The summed E-state index contributed by atoms with van der Waals surface area (Å²) in [4.78, 5) is 15.3. The largest absolute Gasteiger partial charge is 0.457 e. The van der Waals surface area contributed by atoms with Crippen LogP contribution in [0.2, 0.25) is 0 Å². The summed E-state index contributed by atoms with van der Waals surface area (Å²) >= 11 is 0. The van der Waals surface area contributed by atoms with Crippen LogP contribution in [0.5, 0.6) is 11.5 Å². The number of primary amides is 1. The van der Waals surface area contributed by atoms with Gasteiger partial charge in [0.1, 0.15) is 11.5 Å². The molecule has 2 aromatic carbocycles. The monoisotopic (exact) mass is 441 g/mol. The third-order valence-electron chi connectivity index (χ3n) is 5.97. The Morgan fingerprint density at radius 2 is 1.84 bits per heavy atom. The zero-order chi connectivity index (χ0) is 22.2. The van der Waals surface area contributed by atoms with Gasteiger partial charge in [-0.25, -0.2) is 12.7 Å². The molecule has 1 aliphatic heterocycles. The van der Waals surface area contributed by atoms with Crippen LogP contribution in [0, 0.1) is 6.92 Å². The van der Waals surface area contributed by atoms with E-state index in [0.717, 1.165) is 29.4 Å². The Morgan fingerprint density at radius 1 is 1.16 bits per heavy atom. The lowest BCUT2D eigenvalue weighted by molar-refractivity contribution is 0.100. The van der Waals surface area contributed by atoms with Crippen molar-refractivity contribution in [3.63, 3.8) is 0 Å². The second kappa shape index (κ2) is 8.36. The lowest BCUT2D eigenvalue weighted by atomic mass is 9.89. The highest BCUT2D eigenvalue weighted by molar-refractivity contribution is 7.89. The maximum atomic E-state index is 12.2. The number of H-pyrrole nitrogens is 1. The number of carbonyl (C=O) groups is 1. The molecule has 1 aliphatic rings. The van der Waals surface area contributed by atoms with Gasteiger partial charge in [0.05, 0.1) is 16.8 Å². The van der Waals surface area contributed by atoms with E-state index in [-0.39, 0.29) is 11.7 Å². The van der Waals surface area contributed by atoms with Gasteiger partial charge in [0.25, 0.3) is 5.91 Å². The molecule has 31 heavy (non-hydrogen) atoms. The number of benzene rings is 2. The predicted octanol–water partition coefficient (Wildman–Crippen LogP) is 3.90. The number of aromatic nitrogens is 1. The molecule has 8 heteroatoms. The Balaban J connectivity index is 1.67. The SMILES string of the molecule is CCS(=O)(=O)N1CCC(c2c[nH]c3c(C(N)=O)cc(Oc4ccc(C)cc4)cc23)CC1. The first-order valence-electron chi connectivity index (χ1n) is 10.5. The maximum Gasteiger partial charge on any atom is 0.250 e. The minimum atomic E-state index is -3.17. The molecule has 3 N–H and O–H groups in total. The Bertz CT molecular complexity index is 1210. The van der Waals surface area contributed by atoms with Crippen LogP contribution in [0.4, 0.5) is 0 Å². The number of hydrogen-bond donors (Lipinski definition) is 2. The van der Waals surface area contributed by atoms with Gasteiger partial charge in [-0.1, -0.05) is 17.7 Å². The van der Waals surface area contributed by atoms with Gasteiger partial charge in [0.2, 0.25) is 10.0 Å². The van der Waals surface area contributed by atoms with Crippen LogP contribution >= 0.6 is 0 Å². The molecule has 1 fully saturated rings. The van der Waals surface area contributed by atoms with E-state index in [0.29, 0.717) is 35.7 Å². The molecule has 2 heterocycles. The number of carbonyl (C=O) groups excluding carboxylic acids is 1. The van der Waals surface area contributed by atoms with Crippen molar-refractivity contribution in [2.24, 2.45) is 5.73 Å². The van der Waals surface area contributed by atoms with Crippen LogP contribution < -0.4 is 10.5 Å². The van der Waals surface area contributed by atoms with Gasteiger partial charge in [-0.05, 0) is 62.4 Å². The van der Waals surface area contributed by atoms with Crippen molar-refractivity contribution in [3.8, 4) is 11.5 Å². The van der Waals surface area contributed by atoms with Crippen molar-refractivity contribution in [1.82, 2.24) is 9.29 Å². The summed E-state index contributed by atoms with van der Waals surface area (Å²) in [5.41, 5.74) is 8.88. The summed E-state index contributed by atoms with van der Waals surface area (Å²) in [5.74, 6) is 0.989. The van der Waals surface area contributed by atoms with E-state index in [9.17, 15) is 13.2 Å². The van der Waals surface area contributed by atoms with E-state index in [1.165, 1.54) is 0 Å². The average molecular weight is 442 g/mol. The summed E-state index contributed by atoms with van der Waals surface area (Å²) in [6.45, 7) is 4.66. The van der Waals surface area contributed by atoms with Crippen LogP contribution in [0.15, 0.2) is 42.6 Å². The van der Waals surface area contributed by atoms with Gasteiger partial charge in [-0.3, -0.25) is 4.79 Å². The molecule has 3 aromatic rings. The van der Waals surface area contributed by atoms with Crippen LogP contribution in [0.1, 0.15) is 47.2 Å². The first kappa shape index (κ1) is 21.4. The second-order valence-corrected chi connectivity index (χ2v) is 10.2. The number of amides is 1. The van der Waals surface area contributed by atoms with E-state index >= 15 is 0 Å². The molecule has 1 amide bonds. The number of aryl methyl sites for hydroxylation is 1. The van der Waals surface area contributed by atoms with E-state index in [1.807, 2.05) is 43.5 Å². The van der Waals surface area contributed by atoms with E-state index in [1.54, 1.807) is 17.3 Å². The fourth-order valence-electron chi connectivity index (χ4n) is 4.19. The number of nitrogens with zero attached hydrogens (tertiary/aromatic N) is 1. The molecule has 1 aromatic heterocycles. The summed E-state index contributed by atoms with van der Waals surface area (Å²) in [7, 11) is -3.17. The molecule has 4 rings (SSSR count). The average Bonchev–Trinajstić information content (AvgIpc) is 3.18. The first-order valence-corrected chi connectivity index (χ1v) is 12.1. The number of aromatic amines is 1. The van der Waals surface area contributed by atoms with Crippen LogP contribution in [0.3, 0.4) is 0 Å². The number of nitrogens with one attached hydrogen (secondary N) is 1. The molecule has 0 unspecified atom stereocenters. The molecule has 0 atom stereocenters. The van der Waals surface area contributed by atoms with E-state index in [4.69, 9.17) is 10.5 Å². The van der Waals surface area contributed by atoms with E-state index < -0.39 is 15.9 Å². The fraction of sp³-hybridized carbons (Fsp3) is 0.348. The third kappa shape index (κ3) is 4.31. The minimum absolute atomic E-state index is 0.117. The molecule has 164 valence electrons. The molecule has 0 spiro atoms. The molecule has 0 saturated carbocycles. The maximum absolute atomic E-state index is 12.2. The quantitative estimate of drug-likeness (QED) is 0.605. The Hall–Kier alpha value is -2.84. The minimum Gasteiger partial charge on any atom is -0.457 e.